The van der Waals surface area contributed by atoms with Crippen LogP contribution in [-0.2, 0) is 7.05 Å². The predicted molar refractivity (Wildman–Crippen MR) is 130 cm³/mol. The third-order valence-electron chi connectivity index (χ3n) is 6.27. The number of aryl methyl sites for hydroxylation is 1. The number of H-pyrrole nitrogens is 2. The Balaban J connectivity index is 1.50. The zero-order chi connectivity index (χ0) is 23.4. The minimum atomic E-state index is -0.342. The van der Waals surface area contributed by atoms with Crippen LogP contribution in [0.15, 0.2) is 60.9 Å². The van der Waals surface area contributed by atoms with Crippen molar-refractivity contribution in [3.63, 3.8) is 0 Å². The van der Waals surface area contributed by atoms with Crippen molar-refractivity contribution in [2.75, 3.05) is 7.11 Å². The van der Waals surface area contributed by atoms with Gasteiger partial charge in [-0.3, -0.25) is 10.1 Å². The average Bonchev–Trinajstić information content (AvgIpc) is 3.54. The number of aromatic amines is 2. The molecule has 0 spiro atoms. The molecule has 0 fully saturated rings. The molecule has 8 heteroatoms. The molecule has 0 unspecified atom stereocenters. The van der Waals surface area contributed by atoms with Crippen molar-refractivity contribution >= 4 is 21.8 Å². The van der Waals surface area contributed by atoms with Crippen LogP contribution in [0.25, 0.3) is 55.7 Å². The summed E-state index contributed by atoms with van der Waals surface area (Å²) in [6, 6.07) is 14.7. The number of fused-ring (bicyclic) bond motifs is 2. The van der Waals surface area contributed by atoms with E-state index >= 15 is 0 Å². The van der Waals surface area contributed by atoms with Gasteiger partial charge in [0.2, 0.25) is 0 Å². The summed E-state index contributed by atoms with van der Waals surface area (Å²) in [5.41, 5.74) is 6.83. The number of imidazole rings is 1. The van der Waals surface area contributed by atoms with Gasteiger partial charge in [0.25, 0.3) is 0 Å². The highest BCUT2D eigenvalue weighted by Crippen LogP contribution is 2.36. The number of nitrogens with zero attached hydrogens (tertiary/aromatic N) is 4. The Morgan fingerprint density at radius 2 is 1.85 bits per heavy atom. The van der Waals surface area contributed by atoms with Gasteiger partial charge in [-0.25, -0.2) is 9.37 Å². The Labute approximate surface area is 194 Å². The van der Waals surface area contributed by atoms with E-state index < -0.39 is 0 Å². The van der Waals surface area contributed by atoms with Gasteiger partial charge in [-0.1, -0.05) is 12.1 Å². The van der Waals surface area contributed by atoms with Gasteiger partial charge >= 0.3 is 0 Å². The lowest BCUT2D eigenvalue weighted by Crippen LogP contribution is -1.95. The van der Waals surface area contributed by atoms with Crippen molar-refractivity contribution in [3.8, 4) is 39.7 Å². The van der Waals surface area contributed by atoms with Crippen molar-refractivity contribution < 1.29 is 9.13 Å². The second kappa shape index (κ2) is 7.55. The summed E-state index contributed by atoms with van der Waals surface area (Å²) in [7, 11) is 3.51. The Bertz CT molecular complexity index is 1690. The summed E-state index contributed by atoms with van der Waals surface area (Å²) in [4.78, 5) is 12.4. The van der Waals surface area contributed by atoms with E-state index in [1.807, 2.05) is 61.1 Å². The zero-order valence-corrected chi connectivity index (χ0v) is 18.8. The largest absolute Gasteiger partial charge is 0.497 e. The molecule has 0 atom stereocenters. The van der Waals surface area contributed by atoms with E-state index in [9.17, 15) is 4.39 Å². The molecule has 0 aliphatic heterocycles. The highest BCUT2D eigenvalue weighted by molar-refractivity contribution is 6.01. The third-order valence-corrected chi connectivity index (χ3v) is 6.27. The van der Waals surface area contributed by atoms with Crippen LogP contribution in [-0.4, -0.2) is 36.8 Å². The summed E-state index contributed by atoms with van der Waals surface area (Å²) in [6.07, 6.45) is 3.61. The van der Waals surface area contributed by atoms with Crippen LogP contribution in [0.4, 0.5) is 4.39 Å². The normalized spacial score (nSPS) is 11.5. The molecule has 7 nitrogen and oxygen atoms in total. The molecule has 0 bridgehead atoms. The molecule has 0 aliphatic rings. The average molecular weight is 452 g/mol. The first-order chi connectivity index (χ1) is 16.5. The van der Waals surface area contributed by atoms with Crippen molar-refractivity contribution in [1.29, 1.82) is 0 Å². The number of hydrogen-bond acceptors (Lipinski definition) is 4. The summed E-state index contributed by atoms with van der Waals surface area (Å²) in [6.45, 7) is 1.96. The number of pyridine rings is 1. The van der Waals surface area contributed by atoms with E-state index in [1.54, 1.807) is 6.20 Å². The van der Waals surface area contributed by atoms with E-state index in [0.29, 0.717) is 5.75 Å². The van der Waals surface area contributed by atoms with Crippen LogP contribution in [0, 0.1) is 12.7 Å². The van der Waals surface area contributed by atoms with Gasteiger partial charge in [-0.2, -0.15) is 5.10 Å². The maximum atomic E-state index is 14.2. The predicted octanol–water partition coefficient (Wildman–Crippen LogP) is 5.63. The first kappa shape index (κ1) is 20.2. The summed E-state index contributed by atoms with van der Waals surface area (Å²) >= 11 is 0. The minimum Gasteiger partial charge on any atom is -0.497 e. The van der Waals surface area contributed by atoms with Crippen LogP contribution in [0.5, 0.6) is 5.75 Å². The maximum Gasteiger partial charge on any atom is 0.127 e. The van der Waals surface area contributed by atoms with Gasteiger partial charge in [0, 0.05) is 29.4 Å². The summed E-state index contributed by atoms with van der Waals surface area (Å²) < 4.78 is 21.5. The molecular formula is C26H21FN6O. The van der Waals surface area contributed by atoms with E-state index in [4.69, 9.17) is 4.74 Å². The Hall–Kier alpha value is -4.46. The molecule has 0 saturated heterocycles. The molecule has 0 amide bonds. The number of rotatable bonds is 4. The summed E-state index contributed by atoms with van der Waals surface area (Å²) in [5, 5.41) is 9.56. The fourth-order valence-electron chi connectivity index (χ4n) is 4.37. The fourth-order valence-corrected chi connectivity index (χ4v) is 4.37. The molecule has 0 radical (unpaired) electrons. The van der Waals surface area contributed by atoms with Crippen LogP contribution in [0.1, 0.15) is 5.82 Å². The van der Waals surface area contributed by atoms with Gasteiger partial charge in [-0.05, 0) is 48.4 Å². The molecule has 6 rings (SSSR count). The number of nitrogens with one attached hydrogen (secondary N) is 2. The lowest BCUT2D eigenvalue weighted by atomic mass is 10.0. The quantitative estimate of drug-likeness (QED) is 0.363. The zero-order valence-electron chi connectivity index (χ0n) is 18.8. The van der Waals surface area contributed by atoms with Crippen LogP contribution >= 0.6 is 0 Å². The smallest absolute Gasteiger partial charge is 0.127 e. The summed E-state index contributed by atoms with van der Waals surface area (Å²) in [5.74, 6) is 1.05. The van der Waals surface area contributed by atoms with E-state index in [0.717, 1.165) is 61.5 Å². The molecular weight excluding hydrogens is 431 g/mol. The van der Waals surface area contributed by atoms with Crippen molar-refractivity contribution in [1.82, 2.24) is 29.7 Å². The number of hydrogen-bond donors (Lipinski definition) is 2. The molecule has 0 aliphatic carbocycles. The van der Waals surface area contributed by atoms with Crippen molar-refractivity contribution in [2.24, 2.45) is 7.05 Å². The monoisotopic (exact) mass is 452 g/mol. The molecule has 0 saturated carbocycles. The van der Waals surface area contributed by atoms with E-state index in [-0.39, 0.29) is 5.82 Å². The van der Waals surface area contributed by atoms with Crippen molar-refractivity contribution in [2.45, 2.75) is 6.92 Å². The van der Waals surface area contributed by atoms with Gasteiger partial charge in [0.1, 0.15) is 23.1 Å². The second-order valence-electron chi connectivity index (χ2n) is 8.27. The molecule has 2 N–H and O–H groups in total. The first-order valence-electron chi connectivity index (χ1n) is 10.8. The third kappa shape index (κ3) is 3.14. The van der Waals surface area contributed by atoms with Gasteiger partial charge in [0.05, 0.1) is 42.1 Å². The second-order valence-corrected chi connectivity index (χ2v) is 8.27. The maximum absolute atomic E-state index is 14.2. The molecule has 4 aromatic heterocycles. The lowest BCUT2D eigenvalue weighted by Gasteiger charge is -2.07. The van der Waals surface area contributed by atoms with Gasteiger partial charge in [-0.15, -0.1) is 0 Å². The van der Waals surface area contributed by atoms with E-state index in [2.05, 4.69) is 25.1 Å². The fraction of sp³-hybridized carbons (Fsp3) is 0.115. The van der Waals surface area contributed by atoms with E-state index in [1.165, 1.54) is 19.2 Å². The van der Waals surface area contributed by atoms with Crippen LogP contribution < -0.4 is 4.74 Å². The number of methoxy groups -OCH3 is 1. The van der Waals surface area contributed by atoms with Crippen LogP contribution in [0.2, 0.25) is 0 Å². The van der Waals surface area contributed by atoms with Gasteiger partial charge in [0.15, 0.2) is 0 Å². The van der Waals surface area contributed by atoms with Gasteiger partial charge < -0.3 is 14.3 Å². The first-order valence-corrected chi connectivity index (χ1v) is 10.8. The molecule has 2 aromatic carbocycles. The SMILES string of the molecule is COc1cc(F)cc(-c2cccc3[nH]c(-c4n[nH]c5cnc(-c6cnc(C)n6C)cc45)cc23)c1. The standard InChI is InChI=1S/C26H21FN6O/c1-14-28-13-25(33(14)2)22-11-20-24(12-29-22)31-32-26(20)23-10-19-18(5-4-6-21(19)30-23)15-7-16(27)9-17(8-15)34-3/h4-13,30H,1-3H3,(H,31,32). The topological polar surface area (TPSA) is 84.4 Å². The molecule has 6 aromatic rings. The Morgan fingerprint density at radius 1 is 0.971 bits per heavy atom. The van der Waals surface area contributed by atoms with Crippen molar-refractivity contribution in [3.05, 3.63) is 72.6 Å². The highest BCUT2D eigenvalue weighted by Gasteiger charge is 2.16. The number of ether oxygens (including phenoxy) is 1. The highest BCUT2D eigenvalue weighted by atomic mass is 19.1. The number of halogens is 1. The molecule has 168 valence electrons. The Kier molecular flexibility index (Phi) is 4.48. The number of aromatic nitrogens is 6. The molecule has 4 heterocycles. The lowest BCUT2D eigenvalue weighted by molar-refractivity contribution is 0.411. The minimum absolute atomic E-state index is 0.342. The number of benzene rings is 2. The van der Waals surface area contributed by atoms with Crippen LogP contribution in [0.3, 0.4) is 0 Å². The molecule has 34 heavy (non-hydrogen) atoms. The Morgan fingerprint density at radius 3 is 2.65 bits per heavy atom.